The normalized spacial score (nSPS) is 10.9. The molecular formula is C20H24ClF2IN4O3. The molecule has 0 fully saturated rings. The van der Waals surface area contributed by atoms with E-state index in [0.29, 0.717) is 34.5 Å². The summed E-state index contributed by atoms with van der Waals surface area (Å²) < 4.78 is 34.9. The topological polar surface area (TPSA) is 84.0 Å². The first-order valence-corrected chi connectivity index (χ1v) is 9.32. The van der Waals surface area contributed by atoms with Gasteiger partial charge in [-0.15, -0.1) is 24.0 Å². The Morgan fingerprint density at radius 2 is 1.81 bits per heavy atom. The van der Waals surface area contributed by atoms with E-state index in [-0.39, 0.29) is 42.2 Å². The maximum Gasteiger partial charge on any atom is 0.387 e. The van der Waals surface area contributed by atoms with E-state index in [0.717, 1.165) is 5.56 Å². The first kappa shape index (κ1) is 26.7. The van der Waals surface area contributed by atoms with Gasteiger partial charge in [0.15, 0.2) is 5.96 Å². The molecule has 1 amide bonds. The van der Waals surface area contributed by atoms with Gasteiger partial charge in [-0.1, -0.05) is 17.7 Å². The Hall–Kier alpha value is -2.34. The molecule has 0 aliphatic heterocycles. The number of guanidine groups is 1. The molecule has 0 heterocycles. The number of nitrogens with zero attached hydrogens (tertiary/aromatic N) is 1. The largest absolute Gasteiger partial charge is 0.495 e. The predicted molar refractivity (Wildman–Crippen MR) is 128 cm³/mol. The fraction of sp³-hybridized carbons (Fsp3) is 0.300. The number of methoxy groups -OCH3 is 1. The van der Waals surface area contributed by atoms with Crippen LogP contribution in [0.25, 0.3) is 0 Å². The van der Waals surface area contributed by atoms with Gasteiger partial charge in [0.1, 0.15) is 11.5 Å². The standard InChI is InChI=1S/C20H23ClF2N4O3.HI/c1-12(28)27-16-8-13(4-6-18(16)29-3)10-25-20(24-2)26-11-14-9-15(21)5-7-17(14)30-19(22)23;/h4-9,19H,10-11H2,1-3H3,(H,27,28)(H2,24,25,26);1H. The fourth-order valence-corrected chi connectivity index (χ4v) is 2.83. The molecule has 0 spiro atoms. The summed E-state index contributed by atoms with van der Waals surface area (Å²) in [5.41, 5.74) is 1.88. The molecule has 170 valence electrons. The Kier molecular flexibility index (Phi) is 11.3. The molecule has 0 saturated carbocycles. The second kappa shape index (κ2) is 13.2. The summed E-state index contributed by atoms with van der Waals surface area (Å²) in [6.45, 7) is -0.957. The van der Waals surface area contributed by atoms with Crippen LogP contribution < -0.4 is 25.4 Å². The molecule has 31 heavy (non-hydrogen) atoms. The molecule has 2 rings (SSSR count). The maximum absolute atomic E-state index is 12.6. The summed E-state index contributed by atoms with van der Waals surface area (Å²) in [5.74, 6) is 0.811. The van der Waals surface area contributed by atoms with E-state index in [1.54, 1.807) is 25.2 Å². The number of nitrogens with one attached hydrogen (secondary N) is 3. The van der Waals surface area contributed by atoms with Crippen LogP contribution in [0.15, 0.2) is 41.4 Å². The third-order valence-electron chi connectivity index (χ3n) is 3.94. The number of carbonyl (C=O) groups excluding carboxylic acids is 1. The van der Waals surface area contributed by atoms with Crippen molar-refractivity contribution in [2.24, 2.45) is 4.99 Å². The van der Waals surface area contributed by atoms with Gasteiger partial charge >= 0.3 is 6.61 Å². The number of aliphatic imine (C=N–C) groups is 1. The summed E-state index contributed by atoms with van der Waals surface area (Å²) in [7, 11) is 3.10. The first-order valence-electron chi connectivity index (χ1n) is 8.94. The molecule has 0 bridgehead atoms. The van der Waals surface area contributed by atoms with Crippen molar-refractivity contribution in [3.05, 3.63) is 52.5 Å². The molecule has 0 saturated heterocycles. The van der Waals surface area contributed by atoms with E-state index in [4.69, 9.17) is 16.3 Å². The number of alkyl halides is 2. The molecule has 0 radical (unpaired) electrons. The van der Waals surface area contributed by atoms with Gasteiger partial charge in [-0.3, -0.25) is 9.79 Å². The molecule has 2 aromatic carbocycles. The van der Waals surface area contributed by atoms with E-state index in [2.05, 4.69) is 25.7 Å². The monoisotopic (exact) mass is 568 g/mol. The first-order chi connectivity index (χ1) is 14.3. The molecule has 0 aliphatic rings. The van der Waals surface area contributed by atoms with Crippen LogP contribution in [0.5, 0.6) is 11.5 Å². The molecule has 0 aromatic heterocycles. The minimum atomic E-state index is -2.93. The van der Waals surface area contributed by atoms with Gasteiger partial charge in [0.2, 0.25) is 5.91 Å². The van der Waals surface area contributed by atoms with Crippen molar-refractivity contribution in [2.45, 2.75) is 26.6 Å². The third-order valence-corrected chi connectivity index (χ3v) is 4.18. The molecule has 7 nitrogen and oxygen atoms in total. The van der Waals surface area contributed by atoms with E-state index >= 15 is 0 Å². The van der Waals surface area contributed by atoms with E-state index < -0.39 is 6.61 Å². The van der Waals surface area contributed by atoms with Gasteiger partial charge in [-0.05, 0) is 35.9 Å². The van der Waals surface area contributed by atoms with Crippen molar-refractivity contribution in [2.75, 3.05) is 19.5 Å². The van der Waals surface area contributed by atoms with Crippen molar-refractivity contribution in [3.63, 3.8) is 0 Å². The number of anilines is 1. The zero-order valence-corrected chi connectivity index (χ0v) is 20.3. The Labute approximate surface area is 201 Å². The number of amides is 1. The van der Waals surface area contributed by atoms with Crippen LogP contribution in [0.1, 0.15) is 18.1 Å². The summed E-state index contributed by atoms with van der Waals surface area (Å²) in [5, 5.41) is 9.26. The van der Waals surface area contributed by atoms with E-state index in [9.17, 15) is 13.6 Å². The average Bonchev–Trinajstić information content (AvgIpc) is 2.69. The lowest BCUT2D eigenvalue weighted by Crippen LogP contribution is -2.36. The lowest BCUT2D eigenvalue weighted by atomic mass is 10.2. The Bertz CT molecular complexity index is 916. The molecule has 3 N–H and O–H groups in total. The number of benzene rings is 2. The number of hydrogen-bond donors (Lipinski definition) is 3. The number of rotatable bonds is 8. The molecular weight excluding hydrogens is 545 g/mol. The molecule has 0 aliphatic carbocycles. The third kappa shape index (κ3) is 8.74. The summed E-state index contributed by atoms with van der Waals surface area (Å²) in [6.07, 6.45) is 0. The number of carbonyl (C=O) groups is 1. The van der Waals surface area contributed by atoms with Crippen LogP contribution in [-0.4, -0.2) is 32.6 Å². The van der Waals surface area contributed by atoms with Crippen LogP contribution in [0.3, 0.4) is 0 Å². The van der Waals surface area contributed by atoms with Crippen molar-refractivity contribution in [1.82, 2.24) is 10.6 Å². The molecule has 2 aromatic rings. The number of hydrogen-bond acceptors (Lipinski definition) is 4. The Balaban J connectivity index is 0.00000480. The lowest BCUT2D eigenvalue weighted by Gasteiger charge is -2.16. The number of halogens is 4. The minimum Gasteiger partial charge on any atom is -0.495 e. The van der Waals surface area contributed by atoms with Crippen LogP contribution in [-0.2, 0) is 17.9 Å². The summed E-state index contributed by atoms with van der Waals surface area (Å²) in [6, 6.07) is 9.79. The van der Waals surface area contributed by atoms with Crippen molar-refractivity contribution < 1.29 is 23.0 Å². The zero-order valence-electron chi connectivity index (χ0n) is 17.2. The summed E-state index contributed by atoms with van der Waals surface area (Å²) in [4.78, 5) is 15.5. The predicted octanol–water partition coefficient (Wildman–Crippen LogP) is 4.39. The smallest absolute Gasteiger partial charge is 0.387 e. The number of ether oxygens (including phenoxy) is 2. The highest BCUT2D eigenvalue weighted by Crippen LogP contribution is 2.26. The Morgan fingerprint density at radius 3 is 2.42 bits per heavy atom. The highest BCUT2D eigenvalue weighted by Gasteiger charge is 2.11. The van der Waals surface area contributed by atoms with Gasteiger partial charge < -0.3 is 25.4 Å². The highest BCUT2D eigenvalue weighted by molar-refractivity contribution is 14.0. The lowest BCUT2D eigenvalue weighted by molar-refractivity contribution is -0.114. The Morgan fingerprint density at radius 1 is 1.13 bits per heavy atom. The summed E-state index contributed by atoms with van der Waals surface area (Å²) >= 11 is 5.96. The fourth-order valence-electron chi connectivity index (χ4n) is 2.63. The van der Waals surface area contributed by atoms with Gasteiger partial charge in [0.05, 0.1) is 12.8 Å². The van der Waals surface area contributed by atoms with Gasteiger partial charge in [0.25, 0.3) is 0 Å². The molecule has 0 unspecified atom stereocenters. The molecule has 11 heteroatoms. The van der Waals surface area contributed by atoms with Crippen molar-refractivity contribution in [3.8, 4) is 11.5 Å². The van der Waals surface area contributed by atoms with Crippen molar-refractivity contribution >= 4 is 53.1 Å². The second-order valence-corrected chi connectivity index (χ2v) is 6.56. The van der Waals surface area contributed by atoms with Crippen LogP contribution >= 0.6 is 35.6 Å². The van der Waals surface area contributed by atoms with Gasteiger partial charge in [0, 0.05) is 37.6 Å². The maximum atomic E-state index is 12.6. The highest BCUT2D eigenvalue weighted by atomic mass is 127. The second-order valence-electron chi connectivity index (χ2n) is 6.13. The molecule has 0 atom stereocenters. The van der Waals surface area contributed by atoms with E-state index in [1.165, 1.54) is 26.2 Å². The van der Waals surface area contributed by atoms with Crippen LogP contribution in [0, 0.1) is 0 Å². The SMILES string of the molecule is CN=C(NCc1ccc(OC)c(NC(C)=O)c1)NCc1cc(Cl)ccc1OC(F)F.I. The van der Waals surface area contributed by atoms with Gasteiger partial charge in [-0.2, -0.15) is 8.78 Å². The van der Waals surface area contributed by atoms with Crippen molar-refractivity contribution in [1.29, 1.82) is 0 Å². The van der Waals surface area contributed by atoms with Crippen LogP contribution in [0.2, 0.25) is 5.02 Å². The zero-order chi connectivity index (χ0) is 22.1. The van der Waals surface area contributed by atoms with Gasteiger partial charge in [-0.25, -0.2) is 0 Å². The van der Waals surface area contributed by atoms with E-state index in [1.807, 2.05) is 6.07 Å². The minimum absolute atomic E-state index is 0. The quantitative estimate of drug-likeness (QED) is 0.250. The average molecular weight is 569 g/mol. The van der Waals surface area contributed by atoms with Crippen LogP contribution in [0.4, 0.5) is 14.5 Å².